The van der Waals surface area contributed by atoms with Gasteiger partial charge in [-0.1, -0.05) is 19.3 Å². The van der Waals surface area contributed by atoms with Crippen molar-refractivity contribution >= 4 is 10.0 Å². The Hall–Kier alpha value is -0.130. The SMILES string of the molecule is NCCCCS(=O)(=O)N1CCC2(CCCCC2)CC1. The molecule has 0 aromatic rings. The molecule has 0 unspecified atom stereocenters. The zero-order valence-electron chi connectivity index (χ0n) is 11.9. The van der Waals surface area contributed by atoms with Gasteiger partial charge in [-0.2, -0.15) is 0 Å². The minimum atomic E-state index is -3.03. The van der Waals surface area contributed by atoms with E-state index >= 15 is 0 Å². The van der Waals surface area contributed by atoms with Crippen molar-refractivity contribution in [2.75, 3.05) is 25.4 Å². The van der Waals surface area contributed by atoms with Gasteiger partial charge in [0.25, 0.3) is 0 Å². The van der Waals surface area contributed by atoms with Crippen LogP contribution in [0.5, 0.6) is 0 Å². The normalized spacial score (nSPS) is 24.7. The first-order valence-electron chi connectivity index (χ1n) is 7.76. The Morgan fingerprint density at radius 1 is 0.947 bits per heavy atom. The van der Waals surface area contributed by atoms with Crippen LogP contribution in [0.15, 0.2) is 0 Å². The van der Waals surface area contributed by atoms with Crippen LogP contribution in [0.4, 0.5) is 0 Å². The Morgan fingerprint density at radius 3 is 2.16 bits per heavy atom. The van der Waals surface area contributed by atoms with E-state index in [0.29, 0.717) is 18.4 Å². The Kier molecular flexibility index (Phi) is 5.26. The molecule has 19 heavy (non-hydrogen) atoms. The molecule has 1 spiro atoms. The zero-order chi connectivity index (χ0) is 13.8. The minimum absolute atomic E-state index is 0.275. The number of nitrogens with two attached hydrogens (primary N) is 1. The third-order valence-electron chi connectivity index (χ3n) is 4.95. The lowest BCUT2D eigenvalue weighted by molar-refractivity contribution is 0.102. The monoisotopic (exact) mass is 288 g/mol. The summed E-state index contributed by atoms with van der Waals surface area (Å²) in [4.78, 5) is 0. The van der Waals surface area contributed by atoms with Crippen molar-refractivity contribution in [2.24, 2.45) is 11.1 Å². The number of piperidine rings is 1. The van der Waals surface area contributed by atoms with Crippen LogP contribution in [0.3, 0.4) is 0 Å². The highest BCUT2D eigenvalue weighted by atomic mass is 32.2. The van der Waals surface area contributed by atoms with Crippen molar-refractivity contribution in [3.8, 4) is 0 Å². The number of nitrogens with zero attached hydrogens (tertiary/aromatic N) is 1. The molecule has 0 atom stereocenters. The molecular formula is C14H28N2O2S. The summed E-state index contributed by atoms with van der Waals surface area (Å²) in [5.41, 5.74) is 5.89. The average molecular weight is 288 g/mol. The number of hydrogen-bond donors (Lipinski definition) is 1. The second-order valence-electron chi connectivity index (χ2n) is 6.27. The molecule has 0 aromatic heterocycles. The summed E-state index contributed by atoms with van der Waals surface area (Å²) in [6.07, 6.45) is 10.3. The van der Waals surface area contributed by atoms with Crippen molar-refractivity contribution in [1.29, 1.82) is 0 Å². The maximum atomic E-state index is 12.2. The van der Waals surface area contributed by atoms with Crippen molar-refractivity contribution in [3.63, 3.8) is 0 Å². The van der Waals surface area contributed by atoms with Gasteiger partial charge in [0.1, 0.15) is 0 Å². The van der Waals surface area contributed by atoms with Gasteiger partial charge in [-0.3, -0.25) is 0 Å². The van der Waals surface area contributed by atoms with Crippen LogP contribution < -0.4 is 5.73 Å². The van der Waals surface area contributed by atoms with Crippen LogP contribution in [-0.4, -0.2) is 38.1 Å². The topological polar surface area (TPSA) is 63.4 Å². The van der Waals surface area contributed by atoms with Gasteiger partial charge >= 0.3 is 0 Å². The molecule has 112 valence electrons. The molecule has 0 bridgehead atoms. The van der Waals surface area contributed by atoms with E-state index in [1.54, 1.807) is 4.31 Å². The molecule has 5 heteroatoms. The fraction of sp³-hybridized carbons (Fsp3) is 1.00. The number of hydrogen-bond acceptors (Lipinski definition) is 3. The quantitative estimate of drug-likeness (QED) is 0.788. The molecule has 0 radical (unpaired) electrons. The second kappa shape index (κ2) is 6.55. The second-order valence-corrected chi connectivity index (χ2v) is 8.36. The van der Waals surface area contributed by atoms with Crippen LogP contribution in [0, 0.1) is 5.41 Å². The Labute approximate surface area is 117 Å². The summed E-state index contributed by atoms with van der Waals surface area (Å²) in [5.74, 6) is 0.275. The van der Waals surface area contributed by atoms with E-state index < -0.39 is 10.0 Å². The lowest BCUT2D eigenvalue weighted by atomic mass is 9.68. The number of unbranched alkanes of at least 4 members (excludes halogenated alkanes) is 1. The van der Waals surface area contributed by atoms with E-state index in [-0.39, 0.29) is 5.75 Å². The van der Waals surface area contributed by atoms with Crippen LogP contribution in [0.2, 0.25) is 0 Å². The molecular weight excluding hydrogens is 260 g/mol. The molecule has 2 N–H and O–H groups in total. The van der Waals surface area contributed by atoms with Crippen molar-refractivity contribution in [3.05, 3.63) is 0 Å². The van der Waals surface area contributed by atoms with E-state index in [4.69, 9.17) is 5.73 Å². The fourth-order valence-electron chi connectivity index (χ4n) is 3.60. The average Bonchev–Trinajstić information content (AvgIpc) is 2.40. The molecule has 2 rings (SSSR count). The van der Waals surface area contributed by atoms with Gasteiger partial charge < -0.3 is 5.73 Å². The van der Waals surface area contributed by atoms with Crippen LogP contribution in [-0.2, 0) is 10.0 Å². The number of rotatable bonds is 5. The highest BCUT2D eigenvalue weighted by molar-refractivity contribution is 7.89. The highest BCUT2D eigenvalue weighted by Crippen LogP contribution is 2.44. The standard InChI is InChI=1S/C14H28N2O2S/c15-10-4-5-13-19(17,18)16-11-8-14(9-12-16)6-2-1-3-7-14/h1-13,15H2. The molecule has 1 saturated carbocycles. The molecule has 2 aliphatic rings. The first kappa shape index (κ1) is 15.3. The summed E-state index contributed by atoms with van der Waals surface area (Å²) in [5, 5.41) is 0. The smallest absolute Gasteiger partial charge is 0.214 e. The minimum Gasteiger partial charge on any atom is -0.330 e. The van der Waals surface area contributed by atoms with Gasteiger partial charge in [0, 0.05) is 13.1 Å². The van der Waals surface area contributed by atoms with E-state index in [9.17, 15) is 8.42 Å². The molecule has 1 aliphatic heterocycles. The maximum Gasteiger partial charge on any atom is 0.214 e. The largest absolute Gasteiger partial charge is 0.330 e. The molecule has 1 saturated heterocycles. The highest BCUT2D eigenvalue weighted by Gasteiger charge is 2.38. The van der Waals surface area contributed by atoms with E-state index in [1.165, 1.54) is 32.1 Å². The molecule has 0 aromatic carbocycles. The van der Waals surface area contributed by atoms with E-state index in [2.05, 4.69) is 0 Å². The van der Waals surface area contributed by atoms with Gasteiger partial charge in [0.05, 0.1) is 5.75 Å². The van der Waals surface area contributed by atoms with Gasteiger partial charge in [0.15, 0.2) is 0 Å². The molecule has 2 fully saturated rings. The summed E-state index contributed by atoms with van der Waals surface area (Å²) >= 11 is 0. The predicted octanol–water partition coefficient (Wildman–Crippen LogP) is 2.10. The number of sulfonamides is 1. The summed E-state index contributed by atoms with van der Waals surface area (Å²) in [6.45, 7) is 2.06. The Bertz CT molecular complexity index is 365. The summed E-state index contributed by atoms with van der Waals surface area (Å²) in [7, 11) is -3.03. The molecule has 0 amide bonds. The Balaban J connectivity index is 1.84. The lowest BCUT2D eigenvalue weighted by Gasteiger charge is -2.43. The Morgan fingerprint density at radius 2 is 1.58 bits per heavy atom. The van der Waals surface area contributed by atoms with Crippen LogP contribution in [0.25, 0.3) is 0 Å². The zero-order valence-corrected chi connectivity index (χ0v) is 12.8. The molecule has 4 nitrogen and oxygen atoms in total. The first-order valence-corrected chi connectivity index (χ1v) is 9.37. The lowest BCUT2D eigenvalue weighted by Crippen LogP contribution is -2.44. The van der Waals surface area contributed by atoms with Crippen molar-refractivity contribution in [1.82, 2.24) is 4.31 Å². The van der Waals surface area contributed by atoms with E-state index in [0.717, 1.165) is 32.4 Å². The summed E-state index contributed by atoms with van der Waals surface area (Å²) < 4.78 is 26.2. The fourth-order valence-corrected chi connectivity index (χ4v) is 5.16. The molecule has 1 heterocycles. The van der Waals surface area contributed by atoms with Crippen molar-refractivity contribution in [2.45, 2.75) is 57.8 Å². The van der Waals surface area contributed by atoms with E-state index in [1.807, 2.05) is 0 Å². The molecule has 1 aliphatic carbocycles. The van der Waals surface area contributed by atoms with Gasteiger partial charge in [-0.25, -0.2) is 12.7 Å². The van der Waals surface area contributed by atoms with Gasteiger partial charge in [-0.15, -0.1) is 0 Å². The van der Waals surface area contributed by atoms with Gasteiger partial charge in [-0.05, 0) is 50.5 Å². The first-order chi connectivity index (χ1) is 9.08. The van der Waals surface area contributed by atoms with Crippen LogP contribution in [0.1, 0.15) is 57.8 Å². The third-order valence-corrected chi connectivity index (χ3v) is 6.90. The maximum absolute atomic E-state index is 12.2. The summed E-state index contributed by atoms with van der Waals surface area (Å²) in [6, 6.07) is 0. The third kappa shape index (κ3) is 3.92. The van der Waals surface area contributed by atoms with Crippen molar-refractivity contribution < 1.29 is 8.42 Å². The van der Waals surface area contributed by atoms with Gasteiger partial charge in [0.2, 0.25) is 10.0 Å². The predicted molar refractivity (Wildman–Crippen MR) is 78.4 cm³/mol. The van der Waals surface area contributed by atoms with Crippen LogP contribution >= 0.6 is 0 Å².